The van der Waals surface area contributed by atoms with Gasteiger partial charge in [-0.05, 0) is 49.8 Å². The first-order valence-electron chi connectivity index (χ1n) is 11.4. The molecule has 0 atom stereocenters. The Morgan fingerprint density at radius 3 is 2.03 bits per heavy atom. The third kappa shape index (κ3) is 13.8. The van der Waals surface area contributed by atoms with Crippen molar-refractivity contribution in [2.75, 3.05) is 0 Å². The summed E-state index contributed by atoms with van der Waals surface area (Å²) in [5.41, 5.74) is 0.665. The molecule has 0 aliphatic rings. The summed E-state index contributed by atoms with van der Waals surface area (Å²) in [5.74, 6) is -0.584. The van der Waals surface area contributed by atoms with E-state index in [0.29, 0.717) is 12.0 Å². The number of carbonyl (C=O) groups is 1. The topological polar surface area (TPSA) is 66.8 Å². The molecule has 0 amide bonds. The number of allylic oxidation sites excluding steroid dienone is 2. The zero-order chi connectivity index (χ0) is 21.2. The highest BCUT2D eigenvalue weighted by molar-refractivity contribution is 5.69. The van der Waals surface area contributed by atoms with E-state index >= 15 is 0 Å². The molecule has 0 fully saturated rings. The van der Waals surface area contributed by atoms with Crippen molar-refractivity contribution in [3.8, 4) is 11.5 Å². The van der Waals surface area contributed by atoms with Crippen molar-refractivity contribution >= 4 is 5.97 Å². The number of hydrogen-bond acceptors (Lipinski definition) is 4. The van der Waals surface area contributed by atoms with Gasteiger partial charge < -0.3 is 14.9 Å². The minimum Gasteiger partial charge on any atom is -0.504 e. The van der Waals surface area contributed by atoms with Gasteiger partial charge in [-0.25, -0.2) is 0 Å². The van der Waals surface area contributed by atoms with E-state index in [-0.39, 0.29) is 24.1 Å². The molecule has 0 unspecified atom stereocenters. The Bertz CT molecular complexity index is 580. The maximum atomic E-state index is 11.8. The number of esters is 1. The van der Waals surface area contributed by atoms with Crippen LogP contribution in [0, 0.1) is 0 Å². The number of rotatable bonds is 17. The van der Waals surface area contributed by atoms with Gasteiger partial charge in [-0.2, -0.15) is 0 Å². The zero-order valence-corrected chi connectivity index (χ0v) is 18.2. The van der Waals surface area contributed by atoms with Crippen molar-refractivity contribution in [1.29, 1.82) is 0 Å². The quantitative estimate of drug-likeness (QED) is 0.125. The van der Waals surface area contributed by atoms with E-state index in [1.54, 1.807) is 6.07 Å². The Morgan fingerprint density at radius 2 is 1.41 bits per heavy atom. The third-order valence-corrected chi connectivity index (χ3v) is 5.08. The second-order valence-corrected chi connectivity index (χ2v) is 7.82. The Morgan fingerprint density at radius 1 is 0.828 bits per heavy atom. The molecule has 0 aliphatic heterocycles. The van der Waals surface area contributed by atoms with Gasteiger partial charge in [0, 0.05) is 6.42 Å². The standard InChI is InChI=1S/C25H40O4/c1-2-3-4-5-6-7-8-9-10-11-12-13-14-15-16-17-25(28)29-21-22-18-19-23(26)24(27)20-22/h9-10,18-20,26-27H,2-8,11-17,21H2,1H3/b10-9-. The lowest BCUT2D eigenvalue weighted by Crippen LogP contribution is -2.04. The number of phenolic OH excluding ortho intramolecular Hbond substituents is 2. The molecule has 4 heteroatoms. The van der Waals surface area contributed by atoms with Gasteiger partial charge in [-0.3, -0.25) is 4.79 Å². The van der Waals surface area contributed by atoms with Gasteiger partial charge in [0.25, 0.3) is 0 Å². The summed E-state index contributed by atoms with van der Waals surface area (Å²) < 4.78 is 5.20. The molecule has 0 bridgehead atoms. The second-order valence-electron chi connectivity index (χ2n) is 7.82. The minimum absolute atomic E-state index is 0.123. The van der Waals surface area contributed by atoms with Crippen LogP contribution in [0.4, 0.5) is 0 Å². The minimum atomic E-state index is -0.213. The molecule has 0 aliphatic carbocycles. The molecule has 2 N–H and O–H groups in total. The van der Waals surface area contributed by atoms with Gasteiger partial charge in [0.05, 0.1) is 0 Å². The molecule has 0 heterocycles. The highest BCUT2D eigenvalue weighted by Crippen LogP contribution is 2.25. The molecular weight excluding hydrogens is 364 g/mol. The van der Waals surface area contributed by atoms with Crippen LogP contribution in [0.25, 0.3) is 0 Å². The van der Waals surface area contributed by atoms with Crippen molar-refractivity contribution in [3.63, 3.8) is 0 Å². The number of unbranched alkanes of at least 4 members (excludes halogenated alkanes) is 11. The molecule has 29 heavy (non-hydrogen) atoms. The normalized spacial score (nSPS) is 11.2. The molecule has 1 rings (SSSR count). The summed E-state index contributed by atoms with van der Waals surface area (Å²) in [6.07, 6.45) is 21.1. The lowest BCUT2D eigenvalue weighted by molar-refractivity contribution is -0.145. The summed E-state index contributed by atoms with van der Waals surface area (Å²) in [6.45, 7) is 2.38. The predicted octanol–water partition coefficient (Wildman–Crippen LogP) is 7.18. The molecule has 164 valence electrons. The van der Waals surface area contributed by atoms with E-state index in [0.717, 1.165) is 25.7 Å². The average Bonchev–Trinajstić information content (AvgIpc) is 2.71. The largest absolute Gasteiger partial charge is 0.504 e. The van der Waals surface area contributed by atoms with Crippen LogP contribution in [-0.4, -0.2) is 16.2 Å². The maximum Gasteiger partial charge on any atom is 0.306 e. The Kier molecular flexibility index (Phi) is 14.6. The van der Waals surface area contributed by atoms with Gasteiger partial charge >= 0.3 is 5.97 Å². The lowest BCUT2D eigenvalue weighted by atomic mass is 10.1. The van der Waals surface area contributed by atoms with Crippen molar-refractivity contribution in [1.82, 2.24) is 0 Å². The molecule has 0 spiro atoms. The first-order valence-corrected chi connectivity index (χ1v) is 11.4. The summed E-state index contributed by atoms with van der Waals surface area (Å²) in [5, 5.41) is 18.7. The summed E-state index contributed by atoms with van der Waals surface area (Å²) in [6, 6.07) is 4.43. The van der Waals surface area contributed by atoms with E-state index < -0.39 is 0 Å². The number of benzene rings is 1. The number of hydrogen-bond donors (Lipinski definition) is 2. The molecular formula is C25H40O4. The highest BCUT2D eigenvalue weighted by atomic mass is 16.5. The third-order valence-electron chi connectivity index (χ3n) is 5.08. The van der Waals surface area contributed by atoms with Crippen LogP contribution in [0.15, 0.2) is 30.4 Å². The van der Waals surface area contributed by atoms with Crippen molar-refractivity contribution in [3.05, 3.63) is 35.9 Å². The van der Waals surface area contributed by atoms with Crippen LogP contribution in [0.2, 0.25) is 0 Å². The van der Waals surface area contributed by atoms with E-state index in [4.69, 9.17) is 4.74 Å². The molecule has 0 saturated heterocycles. The molecule has 0 radical (unpaired) electrons. The van der Waals surface area contributed by atoms with Gasteiger partial charge in [0.2, 0.25) is 0 Å². The smallest absolute Gasteiger partial charge is 0.306 e. The van der Waals surface area contributed by atoms with Gasteiger partial charge in [0.15, 0.2) is 11.5 Å². The van der Waals surface area contributed by atoms with Crippen LogP contribution in [0.3, 0.4) is 0 Å². The summed E-state index contributed by atoms with van der Waals surface area (Å²) in [7, 11) is 0. The molecule has 1 aromatic rings. The zero-order valence-electron chi connectivity index (χ0n) is 18.2. The number of aromatic hydroxyl groups is 2. The first-order chi connectivity index (χ1) is 14.1. The SMILES string of the molecule is CCCCCCCC/C=C\CCCCCCCC(=O)OCc1ccc(O)c(O)c1. The Labute approximate surface area is 177 Å². The number of carbonyl (C=O) groups excluding carboxylic acids is 1. The van der Waals surface area contributed by atoms with Gasteiger partial charge in [0.1, 0.15) is 6.61 Å². The molecule has 0 aromatic heterocycles. The van der Waals surface area contributed by atoms with Crippen LogP contribution in [-0.2, 0) is 16.1 Å². The second kappa shape index (κ2) is 16.9. The van der Waals surface area contributed by atoms with Crippen LogP contribution in [0.5, 0.6) is 11.5 Å². The van der Waals surface area contributed by atoms with Gasteiger partial charge in [-0.1, -0.05) is 76.5 Å². The van der Waals surface area contributed by atoms with Crippen LogP contribution >= 0.6 is 0 Å². The van der Waals surface area contributed by atoms with Crippen molar-refractivity contribution in [2.24, 2.45) is 0 Å². The van der Waals surface area contributed by atoms with E-state index in [1.165, 1.54) is 69.9 Å². The molecule has 1 aromatic carbocycles. The van der Waals surface area contributed by atoms with Crippen molar-refractivity contribution in [2.45, 2.75) is 103 Å². The molecule has 4 nitrogen and oxygen atoms in total. The number of ether oxygens (including phenoxy) is 1. The number of phenols is 2. The van der Waals surface area contributed by atoms with Gasteiger partial charge in [-0.15, -0.1) is 0 Å². The fourth-order valence-electron chi connectivity index (χ4n) is 3.23. The van der Waals surface area contributed by atoms with Crippen LogP contribution < -0.4 is 0 Å². The summed E-state index contributed by atoms with van der Waals surface area (Å²) >= 11 is 0. The highest BCUT2D eigenvalue weighted by Gasteiger charge is 2.05. The lowest BCUT2D eigenvalue weighted by Gasteiger charge is -2.06. The van der Waals surface area contributed by atoms with E-state index in [9.17, 15) is 15.0 Å². The fraction of sp³-hybridized carbons (Fsp3) is 0.640. The van der Waals surface area contributed by atoms with Crippen molar-refractivity contribution < 1.29 is 19.7 Å². The fourth-order valence-corrected chi connectivity index (χ4v) is 3.23. The summed E-state index contributed by atoms with van der Waals surface area (Å²) in [4.78, 5) is 11.8. The predicted molar refractivity (Wildman–Crippen MR) is 119 cm³/mol. The molecule has 0 saturated carbocycles. The van der Waals surface area contributed by atoms with E-state index in [1.807, 2.05) is 0 Å². The van der Waals surface area contributed by atoms with E-state index in [2.05, 4.69) is 19.1 Å². The van der Waals surface area contributed by atoms with Crippen LogP contribution in [0.1, 0.15) is 102 Å². The monoisotopic (exact) mass is 404 g/mol. The first kappa shape index (κ1) is 25.1. The Hall–Kier alpha value is -1.97. The average molecular weight is 405 g/mol. The maximum absolute atomic E-state index is 11.8. The Balaban J connectivity index is 1.89.